The summed E-state index contributed by atoms with van der Waals surface area (Å²) >= 11 is 0. The van der Waals surface area contributed by atoms with E-state index >= 15 is 0 Å². The van der Waals surface area contributed by atoms with E-state index in [1.165, 1.54) is 23.1 Å². The average Bonchev–Trinajstić information content (AvgIpc) is 2.28. The number of nitrogens with one attached hydrogen (secondary N) is 1. The molecular weight excluding hydrogens is 223 g/mol. The molecule has 4 nitrogen and oxygen atoms in total. The number of ether oxygens (including phenoxy) is 1. The summed E-state index contributed by atoms with van der Waals surface area (Å²) in [5.41, 5.74) is 0.694. The van der Waals surface area contributed by atoms with Crippen molar-refractivity contribution >= 4 is 5.91 Å². The number of rotatable bonds is 5. The van der Waals surface area contributed by atoms with E-state index in [4.69, 9.17) is 4.74 Å². The van der Waals surface area contributed by atoms with Gasteiger partial charge in [0, 0.05) is 26.2 Å². The van der Waals surface area contributed by atoms with Crippen LogP contribution in [0.15, 0.2) is 18.2 Å². The molecule has 0 bridgehead atoms. The van der Waals surface area contributed by atoms with E-state index in [-0.39, 0.29) is 18.3 Å². The normalized spacial score (nSPS) is 10.1. The van der Waals surface area contributed by atoms with Gasteiger partial charge < -0.3 is 15.0 Å². The van der Waals surface area contributed by atoms with Crippen LogP contribution in [0.1, 0.15) is 5.56 Å². The van der Waals surface area contributed by atoms with Crippen LogP contribution in [0, 0.1) is 5.82 Å². The molecule has 1 aromatic rings. The van der Waals surface area contributed by atoms with Crippen molar-refractivity contribution in [2.45, 2.75) is 6.54 Å². The van der Waals surface area contributed by atoms with Crippen molar-refractivity contribution in [3.63, 3.8) is 0 Å². The van der Waals surface area contributed by atoms with E-state index < -0.39 is 0 Å². The van der Waals surface area contributed by atoms with Gasteiger partial charge in [-0.1, -0.05) is 0 Å². The van der Waals surface area contributed by atoms with Gasteiger partial charge in [-0.25, -0.2) is 4.39 Å². The summed E-state index contributed by atoms with van der Waals surface area (Å²) in [4.78, 5) is 12.8. The smallest absolute Gasteiger partial charge is 0.259 e. The third-order valence-corrected chi connectivity index (χ3v) is 2.24. The standard InChI is InChI=1S/C12H17FN2O2/c1-14-7-9-6-10(13)4-5-11(9)17-8-12(16)15(2)3/h4-6,14H,7-8H2,1-3H3. The van der Waals surface area contributed by atoms with Gasteiger partial charge in [0.05, 0.1) is 0 Å². The fraction of sp³-hybridized carbons (Fsp3) is 0.417. The van der Waals surface area contributed by atoms with Gasteiger partial charge in [0.1, 0.15) is 11.6 Å². The number of benzene rings is 1. The van der Waals surface area contributed by atoms with Crippen molar-refractivity contribution in [2.75, 3.05) is 27.7 Å². The molecule has 0 aliphatic carbocycles. The lowest BCUT2D eigenvalue weighted by atomic mass is 10.2. The minimum Gasteiger partial charge on any atom is -0.483 e. The number of amides is 1. The molecule has 17 heavy (non-hydrogen) atoms. The van der Waals surface area contributed by atoms with E-state index in [0.29, 0.717) is 17.9 Å². The summed E-state index contributed by atoms with van der Waals surface area (Å²) in [6, 6.07) is 4.24. The van der Waals surface area contributed by atoms with E-state index in [1.807, 2.05) is 0 Å². The molecule has 0 saturated carbocycles. The van der Waals surface area contributed by atoms with Crippen LogP contribution < -0.4 is 10.1 Å². The minimum atomic E-state index is -0.318. The molecule has 0 fully saturated rings. The molecule has 1 rings (SSSR count). The second-order valence-corrected chi connectivity index (χ2v) is 3.86. The van der Waals surface area contributed by atoms with Crippen LogP contribution in [0.3, 0.4) is 0 Å². The third-order valence-electron chi connectivity index (χ3n) is 2.24. The third kappa shape index (κ3) is 4.03. The molecule has 5 heteroatoms. The molecule has 0 saturated heterocycles. The molecule has 0 spiro atoms. The number of carbonyl (C=O) groups excluding carboxylic acids is 1. The van der Waals surface area contributed by atoms with Gasteiger partial charge >= 0.3 is 0 Å². The van der Waals surface area contributed by atoms with Crippen molar-refractivity contribution in [2.24, 2.45) is 0 Å². The number of halogens is 1. The lowest BCUT2D eigenvalue weighted by Crippen LogP contribution is -2.27. The Morgan fingerprint density at radius 2 is 2.18 bits per heavy atom. The Labute approximate surface area is 100 Å². The Morgan fingerprint density at radius 1 is 1.47 bits per heavy atom. The fourth-order valence-corrected chi connectivity index (χ4v) is 1.29. The van der Waals surface area contributed by atoms with Gasteiger partial charge in [0.2, 0.25) is 0 Å². The SMILES string of the molecule is CNCc1cc(F)ccc1OCC(=O)N(C)C. The molecule has 0 radical (unpaired) electrons. The van der Waals surface area contributed by atoms with Crippen molar-refractivity contribution in [3.8, 4) is 5.75 Å². The van der Waals surface area contributed by atoms with Crippen molar-refractivity contribution < 1.29 is 13.9 Å². The molecule has 1 amide bonds. The summed E-state index contributed by atoms with van der Waals surface area (Å²) in [5.74, 6) is 0.0715. The number of nitrogens with zero attached hydrogens (tertiary/aromatic N) is 1. The first-order chi connectivity index (χ1) is 8.04. The molecule has 94 valence electrons. The maximum atomic E-state index is 13.0. The van der Waals surface area contributed by atoms with Crippen LogP contribution in [-0.4, -0.2) is 38.6 Å². The summed E-state index contributed by atoms with van der Waals surface area (Å²) in [6.07, 6.45) is 0. The molecule has 0 heterocycles. The molecule has 1 N–H and O–H groups in total. The molecule has 1 aromatic carbocycles. The van der Waals surface area contributed by atoms with Crippen LogP contribution in [-0.2, 0) is 11.3 Å². The first-order valence-corrected chi connectivity index (χ1v) is 5.30. The Morgan fingerprint density at radius 3 is 2.76 bits per heavy atom. The van der Waals surface area contributed by atoms with Crippen LogP contribution >= 0.6 is 0 Å². The van der Waals surface area contributed by atoms with Crippen LogP contribution in [0.4, 0.5) is 4.39 Å². The second-order valence-electron chi connectivity index (χ2n) is 3.86. The van der Waals surface area contributed by atoms with Crippen molar-refractivity contribution in [3.05, 3.63) is 29.6 Å². The highest BCUT2D eigenvalue weighted by atomic mass is 19.1. The van der Waals surface area contributed by atoms with Crippen molar-refractivity contribution in [1.29, 1.82) is 0 Å². The summed E-state index contributed by atoms with van der Waals surface area (Å²) < 4.78 is 18.4. The highest BCUT2D eigenvalue weighted by Gasteiger charge is 2.08. The van der Waals surface area contributed by atoms with Crippen LogP contribution in [0.5, 0.6) is 5.75 Å². The Hall–Kier alpha value is -1.62. The number of hydrogen-bond acceptors (Lipinski definition) is 3. The van der Waals surface area contributed by atoms with Gasteiger partial charge in [-0.05, 0) is 25.2 Å². The molecular formula is C12H17FN2O2. The summed E-state index contributed by atoms with van der Waals surface area (Å²) in [6.45, 7) is 0.443. The lowest BCUT2D eigenvalue weighted by molar-refractivity contribution is -0.130. The van der Waals surface area contributed by atoms with Gasteiger partial charge in [-0.3, -0.25) is 4.79 Å². The zero-order valence-corrected chi connectivity index (χ0v) is 10.3. The fourth-order valence-electron chi connectivity index (χ4n) is 1.29. The van der Waals surface area contributed by atoms with Gasteiger partial charge in [-0.15, -0.1) is 0 Å². The molecule has 0 aliphatic rings. The molecule has 0 unspecified atom stereocenters. The highest BCUT2D eigenvalue weighted by molar-refractivity contribution is 5.77. The van der Waals surface area contributed by atoms with E-state index in [2.05, 4.69) is 5.32 Å². The van der Waals surface area contributed by atoms with Gasteiger partial charge in [-0.2, -0.15) is 0 Å². The molecule has 0 aliphatic heterocycles. The quantitative estimate of drug-likeness (QED) is 0.835. The van der Waals surface area contributed by atoms with Gasteiger partial charge in [0.25, 0.3) is 5.91 Å². The zero-order valence-electron chi connectivity index (χ0n) is 10.3. The zero-order chi connectivity index (χ0) is 12.8. The first kappa shape index (κ1) is 13.4. The Kier molecular flexibility index (Phi) is 4.90. The number of likely N-dealkylation sites (N-methyl/N-ethyl adjacent to an activating group) is 1. The van der Waals surface area contributed by atoms with Crippen LogP contribution in [0.25, 0.3) is 0 Å². The average molecular weight is 240 g/mol. The second kappa shape index (κ2) is 6.20. The predicted octanol–water partition coefficient (Wildman–Crippen LogP) is 1.01. The van der Waals surface area contributed by atoms with E-state index in [1.54, 1.807) is 21.1 Å². The largest absolute Gasteiger partial charge is 0.483 e. The Bertz CT molecular complexity index is 394. The monoisotopic (exact) mass is 240 g/mol. The van der Waals surface area contributed by atoms with E-state index in [0.717, 1.165) is 0 Å². The maximum absolute atomic E-state index is 13.0. The predicted molar refractivity (Wildman–Crippen MR) is 63.4 cm³/mol. The number of hydrogen-bond donors (Lipinski definition) is 1. The van der Waals surface area contributed by atoms with E-state index in [9.17, 15) is 9.18 Å². The maximum Gasteiger partial charge on any atom is 0.259 e. The minimum absolute atomic E-state index is 0.0463. The summed E-state index contributed by atoms with van der Waals surface area (Å²) in [5, 5.41) is 2.92. The highest BCUT2D eigenvalue weighted by Crippen LogP contribution is 2.19. The first-order valence-electron chi connectivity index (χ1n) is 5.30. The number of carbonyl (C=O) groups is 1. The van der Waals surface area contributed by atoms with Crippen LogP contribution in [0.2, 0.25) is 0 Å². The Balaban J connectivity index is 2.72. The lowest BCUT2D eigenvalue weighted by Gasteiger charge is -2.14. The van der Waals surface area contributed by atoms with Gasteiger partial charge in [0.15, 0.2) is 6.61 Å². The summed E-state index contributed by atoms with van der Waals surface area (Å²) in [7, 11) is 5.08. The van der Waals surface area contributed by atoms with Crippen molar-refractivity contribution in [1.82, 2.24) is 10.2 Å². The topological polar surface area (TPSA) is 41.6 Å². The molecule has 0 atom stereocenters. The molecule has 0 aromatic heterocycles.